The maximum atomic E-state index is 5.83. The molecule has 1 fully saturated rings. The van der Waals surface area contributed by atoms with E-state index >= 15 is 0 Å². The fraction of sp³-hybridized carbons (Fsp3) is 0.667. The summed E-state index contributed by atoms with van der Waals surface area (Å²) < 4.78 is 17.2. The zero-order valence-corrected chi connectivity index (χ0v) is 10.0. The summed E-state index contributed by atoms with van der Waals surface area (Å²) in [5.41, 5.74) is 0. The van der Waals surface area contributed by atoms with Crippen LogP contribution in [0.2, 0.25) is 0 Å². The summed E-state index contributed by atoms with van der Waals surface area (Å²) in [4.78, 5) is 0. The third kappa shape index (κ3) is 2.18. The quantitative estimate of drug-likeness (QED) is 0.813. The molecule has 1 atom stereocenters. The Labute approximate surface area is 99.3 Å². The molecule has 3 nitrogen and oxygen atoms in total. The molecular weight excluding hydrogens is 224 g/mol. The minimum absolute atomic E-state index is 0.0581. The molecule has 88 valence electrons. The summed E-state index contributed by atoms with van der Waals surface area (Å²) >= 11 is 1.61. The van der Waals surface area contributed by atoms with Crippen molar-refractivity contribution in [1.82, 2.24) is 0 Å². The molecule has 0 radical (unpaired) electrons. The highest BCUT2D eigenvalue weighted by atomic mass is 32.1. The molecule has 0 spiro atoms. The summed E-state index contributed by atoms with van der Waals surface area (Å²) in [6.45, 7) is 1.26. The Bertz CT molecular complexity index is 344. The number of rotatable bonds is 3. The van der Waals surface area contributed by atoms with Crippen LogP contribution >= 0.6 is 11.3 Å². The van der Waals surface area contributed by atoms with Gasteiger partial charge in [-0.05, 0) is 12.8 Å². The molecule has 0 bridgehead atoms. The van der Waals surface area contributed by atoms with Gasteiger partial charge in [0.2, 0.25) is 0 Å². The molecule has 0 amide bonds. The minimum atomic E-state index is 0.0581. The van der Waals surface area contributed by atoms with Crippen molar-refractivity contribution in [1.29, 1.82) is 0 Å². The molecule has 2 aliphatic rings. The van der Waals surface area contributed by atoms with E-state index in [0.29, 0.717) is 19.3 Å². The van der Waals surface area contributed by atoms with Crippen molar-refractivity contribution < 1.29 is 14.2 Å². The van der Waals surface area contributed by atoms with Gasteiger partial charge in [0, 0.05) is 10.8 Å². The lowest BCUT2D eigenvalue weighted by molar-refractivity contribution is -0.0224. The van der Waals surface area contributed by atoms with Gasteiger partial charge in [-0.2, -0.15) is 0 Å². The molecule has 4 heteroatoms. The van der Waals surface area contributed by atoms with Gasteiger partial charge in [0.15, 0.2) is 17.6 Å². The molecule has 0 N–H and O–H groups in total. The van der Waals surface area contributed by atoms with Crippen LogP contribution in [0.1, 0.15) is 25.7 Å². The zero-order valence-electron chi connectivity index (χ0n) is 9.19. The number of thiophene rings is 1. The van der Waals surface area contributed by atoms with Gasteiger partial charge in [-0.3, -0.25) is 0 Å². The maximum Gasteiger partial charge on any atom is 0.172 e. The third-order valence-electron chi connectivity index (χ3n) is 3.13. The van der Waals surface area contributed by atoms with Crippen LogP contribution in [0.25, 0.3) is 0 Å². The predicted octanol–water partition coefficient (Wildman–Crippen LogP) is 2.85. The Morgan fingerprint density at radius 2 is 2.06 bits per heavy atom. The van der Waals surface area contributed by atoms with Crippen LogP contribution in [-0.4, -0.2) is 25.4 Å². The highest BCUT2D eigenvalue weighted by Crippen LogP contribution is 2.35. The van der Waals surface area contributed by atoms with E-state index in [2.05, 4.69) is 0 Å². The monoisotopic (exact) mass is 240 g/mol. The summed E-state index contributed by atoms with van der Waals surface area (Å²) in [7, 11) is 0. The fourth-order valence-corrected chi connectivity index (χ4v) is 2.91. The molecule has 0 aromatic carbocycles. The molecule has 1 aromatic rings. The molecule has 1 aliphatic heterocycles. The van der Waals surface area contributed by atoms with E-state index in [0.717, 1.165) is 11.5 Å². The molecule has 2 heterocycles. The van der Waals surface area contributed by atoms with Gasteiger partial charge >= 0.3 is 0 Å². The van der Waals surface area contributed by atoms with Crippen molar-refractivity contribution in [3.05, 3.63) is 10.8 Å². The summed E-state index contributed by atoms with van der Waals surface area (Å²) in [5.74, 6) is 1.75. The van der Waals surface area contributed by atoms with Crippen molar-refractivity contribution in [3.8, 4) is 11.5 Å². The molecule has 3 rings (SSSR count). The van der Waals surface area contributed by atoms with E-state index < -0.39 is 0 Å². The molecule has 0 saturated heterocycles. The van der Waals surface area contributed by atoms with Crippen molar-refractivity contribution >= 4 is 11.3 Å². The lowest BCUT2D eigenvalue weighted by atomic mass is 10.3. The van der Waals surface area contributed by atoms with E-state index in [9.17, 15) is 0 Å². The van der Waals surface area contributed by atoms with Crippen LogP contribution in [0.4, 0.5) is 0 Å². The number of ether oxygens (including phenoxy) is 3. The molecule has 1 unspecified atom stereocenters. The van der Waals surface area contributed by atoms with Crippen LogP contribution in [0.15, 0.2) is 10.8 Å². The normalized spacial score (nSPS) is 24.9. The second-order valence-electron chi connectivity index (χ2n) is 4.39. The van der Waals surface area contributed by atoms with Crippen molar-refractivity contribution in [3.63, 3.8) is 0 Å². The summed E-state index contributed by atoms with van der Waals surface area (Å²) in [5, 5.41) is 3.96. The summed E-state index contributed by atoms with van der Waals surface area (Å²) in [6.07, 6.45) is 5.53. The van der Waals surface area contributed by atoms with Crippen molar-refractivity contribution in [2.45, 2.75) is 37.9 Å². The van der Waals surface area contributed by atoms with Gasteiger partial charge in [0.05, 0.1) is 12.7 Å². The number of hydrogen-bond donors (Lipinski definition) is 0. The van der Waals surface area contributed by atoms with E-state index in [4.69, 9.17) is 14.2 Å². The highest BCUT2D eigenvalue weighted by molar-refractivity contribution is 7.08. The first-order valence-electron chi connectivity index (χ1n) is 5.89. The third-order valence-corrected chi connectivity index (χ3v) is 3.83. The van der Waals surface area contributed by atoms with Crippen LogP contribution in [0.5, 0.6) is 11.5 Å². The predicted molar refractivity (Wildman–Crippen MR) is 62.4 cm³/mol. The molecule has 1 aliphatic carbocycles. The molecular formula is C12H16O3S. The lowest BCUT2D eigenvalue weighted by Gasteiger charge is -2.25. The second-order valence-corrected chi connectivity index (χ2v) is 5.13. The average Bonchev–Trinajstić information content (AvgIpc) is 2.97. The topological polar surface area (TPSA) is 27.7 Å². The zero-order chi connectivity index (χ0) is 10.8. The SMILES string of the molecule is c1scc2c1OCC(COC1CCCC1)O2. The van der Waals surface area contributed by atoms with E-state index in [1.807, 2.05) is 10.8 Å². The van der Waals surface area contributed by atoms with Gasteiger partial charge < -0.3 is 14.2 Å². The Morgan fingerprint density at radius 1 is 1.25 bits per heavy atom. The number of fused-ring (bicyclic) bond motifs is 1. The average molecular weight is 240 g/mol. The Hall–Kier alpha value is -0.740. The van der Waals surface area contributed by atoms with Crippen molar-refractivity contribution in [2.75, 3.05) is 13.2 Å². The molecule has 1 aromatic heterocycles. The Kier molecular flexibility index (Phi) is 3.02. The van der Waals surface area contributed by atoms with Crippen LogP contribution in [-0.2, 0) is 4.74 Å². The summed E-state index contributed by atoms with van der Waals surface area (Å²) in [6, 6.07) is 0. The van der Waals surface area contributed by atoms with Crippen LogP contribution in [0.3, 0.4) is 0 Å². The fourth-order valence-electron chi connectivity index (χ4n) is 2.24. The van der Waals surface area contributed by atoms with Gasteiger partial charge in [-0.1, -0.05) is 12.8 Å². The first-order chi connectivity index (χ1) is 7.92. The van der Waals surface area contributed by atoms with E-state index in [-0.39, 0.29) is 6.10 Å². The van der Waals surface area contributed by atoms with E-state index in [1.165, 1.54) is 25.7 Å². The minimum Gasteiger partial charge on any atom is -0.485 e. The van der Waals surface area contributed by atoms with Crippen LogP contribution < -0.4 is 9.47 Å². The molecule has 1 saturated carbocycles. The first kappa shape index (κ1) is 10.4. The Morgan fingerprint density at radius 3 is 2.94 bits per heavy atom. The van der Waals surface area contributed by atoms with Gasteiger partial charge in [0.25, 0.3) is 0 Å². The van der Waals surface area contributed by atoms with Crippen molar-refractivity contribution in [2.24, 2.45) is 0 Å². The largest absolute Gasteiger partial charge is 0.485 e. The van der Waals surface area contributed by atoms with Gasteiger partial charge in [0.1, 0.15) is 6.61 Å². The van der Waals surface area contributed by atoms with Crippen LogP contribution in [0, 0.1) is 0 Å². The maximum absolute atomic E-state index is 5.83. The second kappa shape index (κ2) is 4.63. The lowest BCUT2D eigenvalue weighted by Crippen LogP contribution is -2.34. The molecule has 16 heavy (non-hydrogen) atoms. The van der Waals surface area contributed by atoms with E-state index in [1.54, 1.807) is 11.3 Å². The van der Waals surface area contributed by atoms with Gasteiger partial charge in [-0.25, -0.2) is 0 Å². The smallest absolute Gasteiger partial charge is 0.172 e. The first-order valence-corrected chi connectivity index (χ1v) is 6.83. The number of hydrogen-bond acceptors (Lipinski definition) is 4. The standard InChI is InChI=1S/C12H16O3S/c1-2-4-9(3-1)13-5-10-6-14-11-7-16-8-12(11)15-10/h7-10H,1-6H2. The van der Waals surface area contributed by atoms with Gasteiger partial charge in [-0.15, -0.1) is 11.3 Å². The highest BCUT2D eigenvalue weighted by Gasteiger charge is 2.24. The Balaban J connectivity index is 1.50.